The lowest BCUT2D eigenvalue weighted by Crippen LogP contribution is -2.24. The number of unbranched alkanes of at least 4 members (excludes halogenated alkanes) is 1. The molecule has 0 spiro atoms. The van der Waals surface area contributed by atoms with E-state index in [4.69, 9.17) is 9.47 Å². The van der Waals surface area contributed by atoms with Gasteiger partial charge in [-0.05, 0) is 32.6 Å². The zero-order valence-electron chi connectivity index (χ0n) is 13.6. The molecule has 1 fully saturated rings. The lowest BCUT2D eigenvalue weighted by atomic mass is 9.97. The second-order valence-corrected chi connectivity index (χ2v) is 7.28. The van der Waals surface area contributed by atoms with E-state index in [1.165, 1.54) is 0 Å². The van der Waals surface area contributed by atoms with Crippen molar-refractivity contribution in [1.82, 2.24) is 0 Å². The molecule has 20 heavy (non-hydrogen) atoms. The van der Waals surface area contributed by atoms with E-state index in [0.29, 0.717) is 13.2 Å². The van der Waals surface area contributed by atoms with Gasteiger partial charge in [-0.2, -0.15) is 0 Å². The summed E-state index contributed by atoms with van der Waals surface area (Å²) in [5, 5.41) is 0. The van der Waals surface area contributed by atoms with E-state index in [0.717, 1.165) is 12.8 Å². The molecule has 2 unspecified atom stereocenters. The van der Waals surface area contributed by atoms with Crippen LogP contribution in [-0.2, 0) is 19.1 Å². The van der Waals surface area contributed by atoms with Gasteiger partial charge in [0.05, 0.1) is 24.5 Å². The quantitative estimate of drug-likeness (QED) is 0.555. The molecule has 0 aromatic heterocycles. The molecule has 1 saturated carbocycles. The van der Waals surface area contributed by atoms with Crippen LogP contribution >= 0.6 is 0 Å². The molecular formula is C16H28O4. The molecule has 0 heterocycles. The molecular weight excluding hydrogens is 256 g/mol. The second kappa shape index (κ2) is 6.15. The van der Waals surface area contributed by atoms with Gasteiger partial charge in [0.1, 0.15) is 0 Å². The number of hydrogen-bond acceptors (Lipinski definition) is 4. The molecule has 0 aliphatic heterocycles. The summed E-state index contributed by atoms with van der Waals surface area (Å²) >= 11 is 0. The van der Waals surface area contributed by atoms with Crippen molar-refractivity contribution in [3.8, 4) is 0 Å². The zero-order valence-corrected chi connectivity index (χ0v) is 13.6. The predicted octanol–water partition coefficient (Wildman–Crippen LogP) is 3.19. The van der Waals surface area contributed by atoms with Gasteiger partial charge in [-0.15, -0.1) is 0 Å². The summed E-state index contributed by atoms with van der Waals surface area (Å²) in [6, 6.07) is 0. The highest BCUT2D eigenvalue weighted by atomic mass is 16.5. The summed E-state index contributed by atoms with van der Waals surface area (Å²) < 4.78 is 10.6. The van der Waals surface area contributed by atoms with Crippen LogP contribution in [0.2, 0.25) is 0 Å². The van der Waals surface area contributed by atoms with Gasteiger partial charge in [0.25, 0.3) is 0 Å². The van der Waals surface area contributed by atoms with Crippen molar-refractivity contribution in [2.45, 2.75) is 54.4 Å². The van der Waals surface area contributed by atoms with E-state index < -0.39 is 5.41 Å². The van der Waals surface area contributed by atoms with Gasteiger partial charge in [0, 0.05) is 5.92 Å². The summed E-state index contributed by atoms with van der Waals surface area (Å²) in [5.74, 6) is -0.450. The van der Waals surface area contributed by atoms with E-state index in [9.17, 15) is 9.59 Å². The van der Waals surface area contributed by atoms with Crippen LogP contribution in [0, 0.1) is 22.7 Å². The van der Waals surface area contributed by atoms with E-state index in [2.05, 4.69) is 6.92 Å². The van der Waals surface area contributed by atoms with Gasteiger partial charge in [0.2, 0.25) is 0 Å². The molecule has 0 amide bonds. The van der Waals surface area contributed by atoms with Crippen molar-refractivity contribution >= 4 is 11.9 Å². The highest BCUT2D eigenvalue weighted by Crippen LogP contribution is 2.58. The van der Waals surface area contributed by atoms with Crippen molar-refractivity contribution in [1.29, 1.82) is 0 Å². The van der Waals surface area contributed by atoms with Crippen LogP contribution < -0.4 is 0 Å². The smallest absolute Gasteiger partial charge is 0.311 e. The standard InChI is InChI=1S/C16H28O4/c1-7-8-9-19-13(17)12-11(16(12,5)6)10-20-14(18)15(2,3)4/h11-12H,7-10H2,1-6H3. The lowest BCUT2D eigenvalue weighted by molar-refractivity contribution is -0.154. The highest BCUT2D eigenvalue weighted by molar-refractivity contribution is 5.78. The number of hydrogen-bond donors (Lipinski definition) is 0. The molecule has 0 radical (unpaired) electrons. The molecule has 0 aromatic carbocycles. The Labute approximate surface area is 122 Å². The van der Waals surface area contributed by atoms with Crippen LogP contribution in [0.25, 0.3) is 0 Å². The molecule has 1 rings (SSSR count). The number of esters is 2. The Morgan fingerprint density at radius 1 is 1.15 bits per heavy atom. The molecule has 1 aliphatic carbocycles. The molecule has 4 heteroatoms. The molecule has 0 aromatic rings. The predicted molar refractivity (Wildman–Crippen MR) is 77.0 cm³/mol. The van der Waals surface area contributed by atoms with Gasteiger partial charge >= 0.3 is 11.9 Å². The first-order valence-electron chi connectivity index (χ1n) is 7.46. The Kier molecular flexibility index (Phi) is 5.22. The van der Waals surface area contributed by atoms with Crippen LogP contribution in [0.4, 0.5) is 0 Å². The van der Waals surface area contributed by atoms with E-state index in [-0.39, 0.29) is 29.2 Å². The number of rotatable bonds is 6. The number of carbonyl (C=O) groups is 2. The van der Waals surface area contributed by atoms with Gasteiger partial charge in [-0.3, -0.25) is 9.59 Å². The van der Waals surface area contributed by atoms with E-state index in [1.807, 2.05) is 34.6 Å². The van der Waals surface area contributed by atoms with Gasteiger partial charge < -0.3 is 9.47 Å². The van der Waals surface area contributed by atoms with E-state index >= 15 is 0 Å². The molecule has 0 saturated heterocycles. The molecule has 0 N–H and O–H groups in total. The third kappa shape index (κ3) is 3.97. The Morgan fingerprint density at radius 2 is 1.75 bits per heavy atom. The Hall–Kier alpha value is -1.06. The normalized spacial score (nSPS) is 24.1. The van der Waals surface area contributed by atoms with E-state index in [1.54, 1.807) is 0 Å². The fourth-order valence-corrected chi connectivity index (χ4v) is 2.31. The maximum Gasteiger partial charge on any atom is 0.311 e. The minimum absolute atomic E-state index is 0.0722. The lowest BCUT2D eigenvalue weighted by Gasteiger charge is -2.16. The molecule has 116 valence electrons. The third-order valence-corrected chi connectivity index (χ3v) is 4.05. The Balaban J connectivity index is 2.44. The van der Waals surface area contributed by atoms with Crippen LogP contribution in [0.3, 0.4) is 0 Å². The average molecular weight is 284 g/mol. The van der Waals surface area contributed by atoms with Crippen LogP contribution in [-0.4, -0.2) is 25.2 Å². The Morgan fingerprint density at radius 3 is 2.25 bits per heavy atom. The maximum atomic E-state index is 12.0. The zero-order chi connectivity index (χ0) is 15.6. The maximum absolute atomic E-state index is 12.0. The van der Waals surface area contributed by atoms with Crippen LogP contribution in [0.15, 0.2) is 0 Å². The second-order valence-electron chi connectivity index (χ2n) is 7.28. The number of carbonyl (C=O) groups excluding carboxylic acids is 2. The SMILES string of the molecule is CCCCOC(=O)C1C(COC(=O)C(C)(C)C)C1(C)C. The first-order chi connectivity index (χ1) is 9.12. The Bertz CT molecular complexity index is 365. The van der Waals surface area contributed by atoms with Crippen molar-refractivity contribution in [2.24, 2.45) is 22.7 Å². The summed E-state index contributed by atoms with van der Waals surface area (Å²) in [4.78, 5) is 23.7. The van der Waals surface area contributed by atoms with Gasteiger partial charge in [0.15, 0.2) is 0 Å². The summed E-state index contributed by atoms with van der Waals surface area (Å²) in [5.41, 5.74) is -0.641. The van der Waals surface area contributed by atoms with Gasteiger partial charge in [-0.25, -0.2) is 0 Å². The fraction of sp³-hybridized carbons (Fsp3) is 0.875. The monoisotopic (exact) mass is 284 g/mol. The van der Waals surface area contributed by atoms with Crippen LogP contribution in [0.5, 0.6) is 0 Å². The summed E-state index contributed by atoms with van der Waals surface area (Å²) in [6.07, 6.45) is 1.90. The van der Waals surface area contributed by atoms with Crippen molar-refractivity contribution < 1.29 is 19.1 Å². The molecule has 4 nitrogen and oxygen atoms in total. The first-order valence-corrected chi connectivity index (χ1v) is 7.46. The average Bonchev–Trinajstić information content (AvgIpc) is 2.87. The third-order valence-electron chi connectivity index (χ3n) is 4.05. The fourth-order valence-electron chi connectivity index (χ4n) is 2.31. The highest BCUT2D eigenvalue weighted by Gasteiger charge is 2.63. The molecule has 2 atom stereocenters. The summed E-state index contributed by atoms with van der Waals surface area (Å²) in [6.45, 7) is 12.4. The van der Waals surface area contributed by atoms with Gasteiger partial charge in [-0.1, -0.05) is 27.2 Å². The molecule has 1 aliphatic rings. The first kappa shape index (κ1) is 17.0. The molecule has 0 bridgehead atoms. The summed E-state index contributed by atoms with van der Waals surface area (Å²) in [7, 11) is 0. The van der Waals surface area contributed by atoms with Crippen molar-refractivity contribution in [3.05, 3.63) is 0 Å². The topological polar surface area (TPSA) is 52.6 Å². The minimum atomic E-state index is -0.504. The van der Waals surface area contributed by atoms with Crippen LogP contribution in [0.1, 0.15) is 54.4 Å². The minimum Gasteiger partial charge on any atom is -0.465 e. The van der Waals surface area contributed by atoms with Crippen molar-refractivity contribution in [2.75, 3.05) is 13.2 Å². The number of ether oxygens (including phenoxy) is 2. The largest absolute Gasteiger partial charge is 0.465 e. The van der Waals surface area contributed by atoms with Crippen molar-refractivity contribution in [3.63, 3.8) is 0 Å².